The van der Waals surface area contributed by atoms with Crippen molar-refractivity contribution in [2.45, 2.75) is 32.1 Å². The molecule has 9 heteroatoms. The van der Waals surface area contributed by atoms with Gasteiger partial charge in [-0.1, -0.05) is 18.2 Å². The summed E-state index contributed by atoms with van der Waals surface area (Å²) in [5, 5.41) is 0. The number of fused-ring (bicyclic) bond motifs is 1. The van der Waals surface area contributed by atoms with Gasteiger partial charge >= 0.3 is 0 Å². The number of carbonyl (C=O) groups excluding carboxylic acids is 1. The van der Waals surface area contributed by atoms with E-state index < -0.39 is 31.4 Å². The maximum Gasteiger partial charge on any atom is 0.264 e. The maximum absolute atomic E-state index is 13.3. The molecule has 1 amide bonds. The Morgan fingerprint density at radius 3 is 2.38 bits per heavy atom. The minimum atomic E-state index is -3.81. The molecule has 0 aliphatic carbocycles. The normalized spacial score (nSPS) is 20.2. The lowest BCUT2D eigenvalue weighted by Crippen LogP contribution is -2.33. The third-order valence-corrected chi connectivity index (χ3v) is 9.38. The average molecular weight is 435 g/mol. The van der Waals surface area contributed by atoms with Crippen LogP contribution in [0.5, 0.6) is 0 Å². The van der Waals surface area contributed by atoms with Crippen molar-refractivity contribution in [3.8, 4) is 0 Å². The van der Waals surface area contributed by atoms with Crippen LogP contribution in [0.15, 0.2) is 47.4 Å². The summed E-state index contributed by atoms with van der Waals surface area (Å²) in [5.74, 6) is -0.788. The minimum absolute atomic E-state index is 0.0984. The fourth-order valence-corrected chi connectivity index (χ4v) is 7.80. The van der Waals surface area contributed by atoms with Crippen LogP contribution in [0, 0.1) is 12.3 Å². The first-order valence-corrected chi connectivity index (χ1v) is 12.3. The third-order valence-electron chi connectivity index (χ3n) is 5.39. The predicted octanol–water partition coefficient (Wildman–Crippen LogP) is 2.45. The summed E-state index contributed by atoms with van der Waals surface area (Å²) in [6, 6.07) is 11.6. The maximum atomic E-state index is 13.3. The van der Waals surface area contributed by atoms with E-state index in [-0.39, 0.29) is 16.3 Å². The van der Waals surface area contributed by atoms with Crippen LogP contribution in [-0.4, -0.2) is 35.0 Å². The van der Waals surface area contributed by atoms with Gasteiger partial charge in [0, 0.05) is 6.54 Å². The Morgan fingerprint density at radius 2 is 1.76 bits per heavy atom. The first kappa shape index (κ1) is 19.9. The number of para-hydroxylation sites is 1. The average Bonchev–Trinajstić information content (AvgIpc) is 3.11. The number of amides is 1. The zero-order valence-corrected chi connectivity index (χ0v) is 18.0. The molecule has 2 heterocycles. The number of carbonyl (C=O) groups is 1. The molecule has 154 valence electrons. The van der Waals surface area contributed by atoms with Gasteiger partial charge in [0.15, 0.2) is 0 Å². The van der Waals surface area contributed by atoms with E-state index in [0.717, 1.165) is 9.87 Å². The third kappa shape index (κ3) is 3.03. The Balaban J connectivity index is 1.75. The number of sulfonamides is 2. The molecule has 2 aliphatic heterocycles. The van der Waals surface area contributed by atoms with Crippen LogP contribution >= 0.6 is 0 Å². The topological polar surface area (TPSA) is 91.8 Å². The summed E-state index contributed by atoms with van der Waals surface area (Å²) in [7, 11) is -7.60. The molecule has 4 rings (SSSR count). The second-order valence-electron chi connectivity index (χ2n) is 8.12. The van der Waals surface area contributed by atoms with Gasteiger partial charge in [0.1, 0.15) is 0 Å². The van der Waals surface area contributed by atoms with Crippen molar-refractivity contribution in [2.24, 2.45) is 5.41 Å². The molecule has 2 aromatic rings. The van der Waals surface area contributed by atoms with Gasteiger partial charge in [0.25, 0.3) is 10.0 Å². The molecule has 0 bridgehead atoms. The highest BCUT2D eigenvalue weighted by Crippen LogP contribution is 2.38. The van der Waals surface area contributed by atoms with Gasteiger partial charge < -0.3 is 0 Å². The van der Waals surface area contributed by atoms with Gasteiger partial charge in [0.2, 0.25) is 15.9 Å². The van der Waals surface area contributed by atoms with E-state index in [0.29, 0.717) is 24.2 Å². The first-order valence-electron chi connectivity index (χ1n) is 9.24. The lowest BCUT2D eigenvalue weighted by Gasteiger charge is -2.22. The molecule has 29 heavy (non-hydrogen) atoms. The highest BCUT2D eigenvalue weighted by molar-refractivity contribution is 7.94. The number of rotatable bonds is 3. The lowest BCUT2D eigenvalue weighted by atomic mass is 9.95. The molecule has 0 radical (unpaired) electrons. The molecule has 0 atom stereocenters. The first-order chi connectivity index (χ1) is 13.4. The summed E-state index contributed by atoms with van der Waals surface area (Å²) in [5.41, 5.74) is 1.17. The second-order valence-corrected chi connectivity index (χ2v) is 11.8. The van der Waals surface area contributed by atoms with Crippen molar-refractivity contribution >= 4 is 37.3 Å². The quantitative estimate of drug-likeness (QED) is 0.740. The SMILES string of the molecule is Cc1cc(N2C(=O)C(C)(C)CS2(=O)=O)ccc1S(=O)(=O)N1CCc2ccccc21. The molecule has 1 saturated heterocycles. The van der Waals surface area contributed by atoms with Crippen LogP contribution in [0.3, 0.4) is 0 Å². The van der Waals surface area contributed by atoms with Crippen molar-refractivity contribution in [3.63, 3.8) is 0 Å². The van der Waals surface area contributed by atoms with Crippen LogP contribution in [-0.2, 0) is 31.3 Å². The zero-order chi connectivity index (χ0) is 21.2. The Morgan fingerprint density at radius 1 is 1.07 bits per heavy atom. The number of hydrogen-bond donors (Lipinski definition) is 0. The van der Waals surface area contributed by atoms with E-state index in [4.69, 9.17) is 0 Å². The zero-order valence-electron chi connectivity index (χ0n) is 16.4. The van der Waals surface area contributed by atoms with E-state index in [2.05, 4.69) is 0 Å². The van der Waals surface area contributed by atoms with Gasteiger partial charge in [-0.15, -0.1) is 0 Å². The van der Waals surface area contributed by atoms with Crippen LogP contribution in [0.4, 0.5) is 11.4 Å². The summed E-state index contributed by atoms with van der Waals surface area (Å²) in [6.45, 7) is 5.14. The van der Waals surface area contributed by atoms with Crippen molar-refractivity contribution < 1.29 is 21.6 Å². The summed E-state index contributed by atoms with van der Waals surface area (Å²) in [6.07, 6.45) is 0.641. The van der Waals surface area contributed by atoms with Crippen LogP contribution in [0.2, 0.25) is 0 Å². The summed E-state index contributed by atoms with van der Waals surface area (Å²) < 4.78 is 53.7. The standard InChI is InChI=1S/C20H22N2O5S2/c1-14-12-16(22-19(23)20(2,3)13-28(22,24)25)8-9-18(14)29(26,27)21-11-10-15-6-4-5-7-17(15)21/h4-9,12H,10-11,13H2,1-3H3. The Kier molecular flexibility index (Phi) is 4.33. The van der Waals surface area contributed by atoms with Crippen molar-refractivity contribution in [1.82, 2.24) is 0 Å². The molecule has 0 spiro atoms. The number of aryl methyl sites for hydroxylation is 1. The molecule has 0 unspecified atom stereocenters. The van der Waals surface area contributed by atoms with Crippen LogP contribution in [0.1, 0.15) is 25.0 Å². The van der Waals surface area contributed by atoms with Crippen molar-refractivity contribution in [2.75, 3.05) is 20.9 Å². The summed E-state index contributed by atoms with van der Waals surface area (Å²) >= 11 is 0. The Bertz CT molecular complexity index is 1230. The number of hydrogen-bond acceptors (Lipinski definition) is 5. The molecule has 0 N–H and O–H groups in total. The molecule has 7 nitrogen and oxygen atoms in total. The Hall–Kier alpha value is -2.39. The highest BCUT2D eigenvalue weighted by atomic mass is 32.2. The van der Waals surface area contributed by atoms with E-state index >= 15 is 0 Å². The van der Waals surface area contributed by atoms with E-state index in [9.17, 15) is 21.6 Å². The lowest BCUT2D eigenvalue weighted by molar-refractivity contribution is -0.123. The minimum Gasteiger partial charge on any atom is -0.273 e. The molecule has 0 aromatic heterocycles. The molecule has 0 saturated carbocycles. The summed E-state index contributed by atoms with van der Waals surface area (Å²) in [4.78, 5) is 12.7. The smallest absolute Gasteiger partial charge is 0.264 e. The second kappa shape index (κ2) is 6.30. The largest absolute Gasteiger partial charge is 0.273 e. The molecular formula is C20H22N2O5S2. The van der Waals surface area contributed by atoms with E-state index in [1.807, 2.05) is 12.1 Å². The predicted molar refractivity (Wildman–Crippen MR) is 111 cm³/mol. The van der Waals surface area contributed by atoms with E-state index in [1.165, 1.54) is 22.5 Å². The van der Waals surface area contributed by atoms with Gasteiger partial charge in [-0.05, 0) is 62.6 Å². The molecule has 2 aromatic carbocycles. The van der Waals surface area contributed by atoms with Gasteiger partial charge in [0.05, 0.1) is 27.4 Å². The van der Waals surface area contributed by atoms with Crippen LogP contribution < -0.4 is 8.61 Å². The van der Waals surface area contributed by atoms with Crippen molar-refractivity contribution in [1.29, 1.82) is 0 Å². The fourth-order valence-electron chi connectivity index (χ4n) is 3.99. The molecule has 1 fully saturated rings. The number of nitrogens with zero attached hydrogens (tertiary/aromatic N) is 2. The molecular weight excluding hydrogens is 412 g/mol. The van der Waals surface area contributed by atoms with Gasteiger partial charge in [-0.25, -0.2) is 21.1 Å². The Labute approximate surface area is 171 Å². The van der Waals surface area contributed by atoms with Gasteiger partial charge in [-0.2, -0.15) is 0 Å². The number of benzene rings is 2. The van der Waals surface area contributed by atoms with Crippen molar-refractivity contribution in [3.05, 3.63) is 53.6 Å². The van der Waals surface area contributed by atoms with E-state index in [1.54, 1.807) is 32.9 Å². The molecule has 2 aliphatic rings. The van der Waals surface area contributed by atoms with Gasteiger partial charge in [-0.3, -0.25) is 9.10 Å². The van der Waals surface area contributed by atoms with Crippen LogP contribution in [0.25, 0.3) is 0 Å². The highest BCUT2D eigenvalue weighted by Gasteiger charge is 2.50. The fraction of sp³-hybridized carbons (Fsp3) is 0.350. The monoisotopic (exact) mass is 434 g/mol. The number of anilines is 2.